The summed E-state index contributed by atoms with van der Waals surface area (Å²) in [4.78, 5) is 16.1. The number of rotatable bonds is 9. The van der Waals surface area contributed by atoms with Gasteiger partial charge in [0.25, 0.3) is 0 Å². The molecule has 10 heteroatoms. The first-order chi connectivity index (χ1) is 17.3. The summed E-state index contributed by atoms with van der Waals surface area (Å²) in [5, 5.41) is 5.80. The van der Waals surface area contributed by atoms with E-state index in [-0.39, 0.29) is 18.4 Å². The Labute approximate surface area is 230 Å². The van der Waals surface area contributed by atoms with E-state index in [1.807, 2.05) is 64.7 Å². The highest BCUT2D eigenvalue weighted by molar-refractivity contribution is 6.37. The summed E-state index contributed by atoms with van der Waals surface area (Å²) in [6, 6.07) is 3.69. The van der Waals surface area contributed by atoms with Gasteiger partial charge in [0.05, 0.1) is 21.8 Å². The maximum Gasteiger partial charge on any atom is 0.410 e. The summed E-state index contributed by atoms with van der Waals surface area (Å²) in [7, 11) is 3.76. The van der Waals surface area contributed by atoms with Gasteiger partial charge in [0, 0.05) is 50.6 Å². The second kappa shape index (κ2) is 12.7. The number of halogens is 2. The minimum atomic E-state index is -0.528. The lowest BCUT2D eigenvalue weighted by Gasteiger charge is -2.26. The third kappa shape index (κ3) is 8.50. The SMILES string of the molecule is CC(C)Oc1c(Cl)cc(-c2nn(C3CCCCO3)cc2CN(C)CCN(C)C(=O)OC(C)(C)C)cc1Cl. The number of benzene rings is 1. The molecule has 0 bridgehead atoms. The van der Waals surface area contributed by atoms with Gasteiger partial charge in [0.2, 0.25) is 0 Å². The van der Waals surface area contributed by atoms with Gasteiger partial charge in [-0.15, -0.1) is 0 Å². The molecule has 1 unspecified atom stereocenters. The van der Waals surface area contributed by atoms with Gasteiger partial charge in [-0.3, -0.25) is 0 Å². The number of likely N-dealkylation sites (N-methyl/N-ethyl adjacent to an activating group) is 2. The van der Waals surface area contributed by atoms with Gasteiger partial charge in [-0.25, -0.2) is 9.48 Å². The van der Waals surface area contributed by atoms with Gasteiger partial charge in [0.15, 0.2) is 5.75 Å². The van der Waals surface area contributed by atoms with E-state index in [2.05, 4.69) is 4.90 Å². The smallest absolute Gasteiger partial charge is 0.410 e. The van der Waals surface area contributed by atoms with Crippen LogP contribution in [0.1, 0.15) is 65.7 Å². The van der Waals surface area contributed by atoms with Crippen LogP contribution < -0.4 is 4.74 Å². The third-order valence-corrected chi connectivity index (χ3v) is 6.41. The number of aromatic nitrogens is 2. The molecule has 1 amide bonds. The molecule has 0 aliphatic carbocycles. The van der Waals surface area contributed by atoms with Crippen LogP contribution in [0.5, 0.6) is 5.75 Å². The van der Waals surface area contributed by atoms with Crippen molar-refractivity contribution in [2.75, 3.05) is 33.8 Å². The molecular weight excluding hydrogens is 515 g/mol. The molecule has 1 fully saturated rings. The number of amides is 1. The molecule has 1 aromatic heterocycles. The normalized spacial score (nSPS) is 16.4. The van der Waals surface area contributed by atoms with Gasteiger partial charge < -0.3 is 24.0 Å². The molecule has 0 N–H and O–H groups in total. The summed E-state index contributed by atoms with van der Waals surface area (Å²) in [6.07, 6.45) is 4.64. The zero-order valence-corrected chi connectivity index (χ0v) is 24.5. The Morgan fingerprint density at radius 1 is 1.19 bits per heavy atom. The Morgan fingerprint density at radius 2 is 1.86 bits per heavy atom. The zero-order chi connectivity index (χ0) is 27.3. The van der Waals surface area contributed by atoms with Crippen LogP contribution in [0.2, 0.25) is 10.0 Å². The number of ether oxygens (including phenoxy) is 3. The summed E-state index contributed by atoms with van der Waals surface area (Å²) in [6.45, 7) is 12.0. The highest BCUT2D eigenvalue weighted by Gasteiger charge is 2.23. The zero-order valence-electron chi connectivity index (χ0n) is 23.0. The molecule has 0 spiro atoms. The molecule has 0 radical (unpaired) electrons. The number of hydrogen-bond donors (Lipinski definition) is 0. The molecule has 0 saturated carbocycles. The topological polar surface area (TPSA) is 69.1 Å². The van der Waals surface area contributed by atoms with Crippen molar-refractivity contribution in [3.63, 3.8) is 0 Å². The van der Waals surface area contributed by atoms with E-state index >= 15 is 0 Å². The molecule has 1 aromatic carbocycles. The molecule has 2 aromatic rings. The van der Waals surface area contributed by atoms with Gasteiger partial charge in [0.1, 0.15) is 11.8 Å². The predicted octanol–water partition coefficient (Wildman–Crippen LogP) is 6.64. The van der Waals surface area contributed by atoms with Crippen LogP contribution in [0.4, 0.5) is 4.79 Å². The van der Waals surface area contributed by atoms with E-state index in [1.165, 1.54) is 0 Å². The van der Waals surface area contributed by atoms with Crippen molar-refractivity contribution in [3.8, 4) is 17.0 Å². The van der Waals surface area contributed by atoms with Crippen LogP contribution in [0.15, 0.2) is 18.3 Å². The van der Waals surface area contributed by atoms with E-state index in [0.29, 0.717) is 35.4 Å². The fraction of sp³-hybridized carbons (Fsp3) is 0.630. The van der Waals surface area contributed by atoms with E-state index in [9.17, 15) is 4.79 Å². The number of nitrogens with zero attached hydrogens (tertiary/aromatic N) is 4. The quantitative estimate of drug-likeness (QED) is 0.346. The first-order valence-electron chi connectivity index (χ1n) is 12.8. The van der Waals surface area contributed by atoms with Gasteiger partial charge in [-0.1, -0.05) is 23.2 Å². The Bertz CT molecular complexity index is 1040. The summed E-state index contributed by atoms with van der Waals surface area (Å²) < 4.78 is 19.2. The fourth-order valence-electron chi connectivity index (χ4n) is 4.03. The Morgan fingerprint density at radius 3 is 2.43 bits per heavy atom. The molecule has 206 valence electrons. The van der Waals surface area contributed by atoms with Crippen molar-refractivity contribution in [1.82, 2.24) is 19.6 Å². The van der Waals surface area contributed by atoms with Crippen molar-refractivity contribution >= 4 is 29.3 Å². The molecule has 1 aliphatic rings. The first kappa shape index (κ1) is 29.6. The van der Waals surface area contributed by atoms with Crippen molar-refractivity contribution < 1.29 is 19.0 Å². The predicted molar refractivity (Wildman–Crippen MR) is 147 cm³/mol. The summed E-state index contributed by atoms with van der Waals surface area (Å²) in [5.74, 6) is 0.473. The minimum absolute atomic E-state index is 0.0495. The Hall–Kier alpha value is -2.00. The molecular formula is C27H40Cl2N4O4. The van der Waals surface area contributed by atoms with Crippen molar-refractivity contribution in [1.29, 1.82) is 0 Å². The van der Waals surface area contributed by atoms with Gasteiger partial charge in [-0.05, 0) is 73.1 Å². The number of hydrogen-bond acceptors (Lipinski definition) is 6. The second-order valence-electron chi connectivity index (χ2n) is 10.9. The molecule has 2 heterocycles. The third-order valence-electron chi connectivity index (χ3n) is 5.85. The highest BCUT2D eigenvalue weighted by Crippen LogP contribution is 2.39. The van der Waals surface area contributed by atoms with Crippen LogP contribution in [0.25, 0.3) is 11.3 Å². The number of carbonyl (C=O) groups is 1. The number of carbonyl (C=O) groups excluding carboxylic acids is 1. The van der Waals surface area contributed by atoms with E-state index in [1.54, 1.807) is 11.9 Å². The van der Waals surface area contributed by atoms with Crippen LogP contribution in [0.3, 0.4) is 0 Å². The lowest BCUT2D eigenvalue weighted by atomic mass is 10.1. The van der Waals surface area contributed by atoms with Gasteiger partial charge >= 0.3 is 6.09 Å². The monoisotopic (exact) mass is 554 g/mol. The Balaban J connectivity index is 1.82. The van der Waals surface area contributed by atoms with Crippen molar-refractivity contribution in [2.24, 2.45) is 0 Å². The maximum atomic E-state index is 12.3. The molecule has 1 aliphatic heterocycles. The minimum Gasteiger partial charge on any atom is -0.488 e. The van der Waals surface area contributed by atoms with Crippen LogP contribution >= 0.6 is 23.2 Å². The molecule has 3 rings (SSSR count). The van der Waals surface area contributed by atoms with Crippen LogP contribution in [-0.4, -0.2) is 71.2 Å². The second-order valence-corrected chi connectivity index (χ2v) is 11.7. The molecule has 37 heavy (non-hydrogen) atoms. The van der Waals surface area contributed by atoms with Crippen LogP contribution in [0, 0.1) is 0 Å². The average molecular weight is 556 g/mol. The van der Waals surface area contributed by atoms with Crippen molar-refractivity contribution in [3.05, 3.63) is 33.9 Å². The van der Waals surface area contributed by atoms with Crippen LogP contribution in [-0.2, 0) is 16.0 Å². The largest absolute Gasteiger partial charge is 0.488 e. The van der Waals surface area contributed by atoms with Gasteiger partial charge in [-0.2, -0.15) is 5.10 Å². The lowest BCUT2D eigenvalue weighted by Crippen LogP contribution is -2.38. The average Bonchev–Trinajstić information content (AvgIpc) is 3.22. The summed E-state index contributed by atoms with van der Waals surface area (Å²) >= 11 is 13.1. The molecule has 1 atom stereocenters. The van der Waals surface area contributed by atoms with Crippen molar-refractivity contribution in [2.45, 2.75) is 78.4 Å². The maximum absolute atomic E-state index is 12.3. The Kier molecular flexibility index (Phi) is 10.1. The molecule has 1 saturated heterocycles. The fourth-order valence-corrected chi connectivity index (χ4v) is 4.61. The standard InChI is InChI=1S/C27H40Cl2N4O4/c1-18(2)36-25-21(28)14-19(15-22(25)29)24-20(17-33(30-24)23-10-8-9-13-35-23)16-31(6)11-12-32(7)26(34)37-27(3,4)5/h14-15,17-18,23H,8-13,16H2,1-7H3. The molecule has 8 nitrogen and oxygen atoms in total. The van der Waals surface area contributed by atoms with E-state index < -0.39 is 5.60 Å². The van der Waals surface area contributed by atoms with E-state index in [0.717, 1.165) is 42.7 Å². The lowest BCUT2D eigenvalue weighted by molar-refractivity contribution is -0.0394. The highest BCUT2D eigenvalue weighted by atomic mass is 35.5. The first-order valence-corrected chi connectivity index (χ1v) is 13.6. The summed E-state index contributed by atoms with van der Waals surface area (Å²) in [5.41, 5.74) is 2.10. The van der Waals surface area contributed by atoms with E-state index in [4.69, 9.17) is 42.5 Å².